The Bertz CT molecular complexity index is 1790. The number of ether oxygens (including phenoxy) is 2. The van der Waals surface area contributed by atoms with Gasteiger partial charge in [0, 0.05) is 37.3 Å². The zero-order valence-corrected chi connectivity index (χ0v) is 32.6. The van der Waals surface area contributed by atoms with Gasteiger partial charge in [-0.05, 0) is 94.0 Å². The number of hydrogen-bond acceptors (Lipinski definition) is 7. The molecule has 0 radical (unpaired) electrons. The van der Waals surface area contributed by atoms with E-state index in [4.69, 9.17) is 9.47 Å². The van der Waals surface area contributed by atoms with Gasteiger partial charge in [0.2, 0.25) is 5.91 Å². The standard InChI is InChI=1S/C25H33FN2O4.C19H21FN2O/c1-18(20-9-7-6-8-10-20)28(17-23(29)31-5)16-22(27-24(30)32-25(2,3)4)15-19-11-13-21(26)14-12-19;1-14(16-5-3-2-4-6-16)22-12-18(21-19(23)13-22)11-15-7-9-17(20)10-8-15/h6-14,18,22H,15-17H2,1-5H3,(H,27,30);2-10,14,18H,11-13H2,1H3,(H,21,23)/t18-,22+;14-,18+/m11/s1. The molecule has 1 saturated heterocycles. The number of halogens is 2. The first kappa shape index (κ1) is 42.6. The summed E-state index contributed by atoms with van der Waals surface area (Å²) in [5.41, 5.74) is 3.49. The molecule has 4 aromatic rings. The summed E-state index contributed by atoms with van der Waals surface area (Å²) in [4.78, 5) is 40.8. The molecule has 0 aromatic heterocycles. The van der Waals surface area contributed by atoms with Gasteiger partial charge < -0.3 is 20.1 Å². The maximum absolute atomic E-state index is 13.4. The van der Waals surface area contributed by atoms with Gasteiger partial charge in [0.1, 0.15) is 17.2 Å². The topological polar surface area (TPSA) is 100 Å². The van der Waals surface area contributed by atoms with Crippen LogP contribution >= 0.6 is 0 Å². The van der Waals surface area contributed by atoms with Crippen LogP contribution in [0.1, 0.15) is 69.0 Å². The van der Waals surface area contributed by atoms with Crippen molar-refractivity contribution in [1.82, 2.24) is 20.4 Å². The Morgan fingerprint density at radius 3 is 1.95 bits per heavy atom. The van der Waals surface area contributed by atoms with Crippen molar-refractivity contribution in [3.8, 4) is 0 Å². The third kappa shape index (κ3) is 14.6. The first-order valence-corrected chi connectivity index (χ1v) is 18.6. The number of hydrogen-bond donors (Lipinski definition) is 2. The summed E-state index contributed by atoms with van der Waals surface area (Å²) in [7, 11) is 1.35. The number of carbonyl (C=O) groups is 3. The van der Waals surface area contributed by atoms with E-state index in [0.717, 1.165) is 23.2 Å². The number of piperazine rings is 1. The van der Waals surface area contributed by atoms with E-state index in [9.17, 15) is 23.2 Å². The number of carbonyl (C=O) groups excluding carboxylic acids is 3. The van der Waals surface area contributed by atoms with Gasteiger partial charge in [-0.25, -0.2) is 13.6 Å². The van der Waals surface area contributed by atoms with E-state index in [1.165, 1.54) is 36.9 Å². The SMILES string of the molecule is COC(=O)CN(C[C@H](Cc1ccc(F)cc1)NC(=O)OC(C)(C)C)[C@H](C)c1ccccc1.C[C@H](c1ccccc1)N1CC(=O)N[C@@H](Cc2ccc(F)cc2)C1. The van der Waals surface area contributed by atoms with Gasteiger partial charge in [0.15, 0.2) is 0 Å². The van der Waals surface area contributed by atoms with Crippen molar-refractivity contribution in [2.45, 2.75) is 77.2 Å². The number of rotatable bonds is 13. The molecule has 0 aliphatic carbocycles. The van der Waals surface area contributed by atoms with Crippen LogP contribution in [0.15, 0.2) is 109 Å². The molecule has 4 atom stereocenters. The van der Waals surface area contributed by atoms with Crippen LogP contribution in [0.3, 0.4) is 0 Å². The quantitative estimate of drug-likeness (QED) is 0.137. The minimum atomic E-state index is -0.645. The highest BCUT2D eigenvalue weighted by atomic mass is 19.1. The second-order valence-electron chi connectivity index (χ2n) is 14.9. The minimum absolute atomic E-state index is 0.0474. The summed E-state index contributed by atoms with van der Waals surface area (Å²) in [5, 5.41) is 5.96. The van der Waals surface area contributed by atoms with Gasteiger partial charge in [-0.1, -0.05) is 84.9 Å². The molecular weight excluding hydrogens is 703 g/mol. The lowest BCUT2D eigenvalue weighted by Crippen LogP contribution is -2.55. The Balaban J connectivity index is 0.000000257. The molecule has 1 aliphatic heterocycles. The zero-order chi connectivity index (χ0) is 40.0. The molecule has 5 rings (SSSR count). The molecule has 0 spiro atoms. The fraction of sp³-hybridized carbons (Fsp3) is 0.386. The lowest BCUT2D eigenvalue weighted by Gasteiger charge is -2.37. The molecule has 1 fully saturated rings. The molecule has 11 heteroatoms. The summed E-state index contributed by atoms with van der Waals surface area (Å²) in [5.74, 6) is -0.882. The van der Waals surface area contributed by atoms with Crippen molar-refractivity contribution in [3.05, 3.63) is 143 Å². The van der Waals surface area contributed by atoms with E-state index >= 15 is 0 Å². The van der Waals surface area contributed by atoms with Crippen LogP contribution in [0, 0.1) is 11.6 Å². The predicted octanol–water partition coefficient (Wildman–Crippen LogP) is 7.43. The molecule has 4 aromatic carbocycles. The molecule has 2 amide bonds. The highest BCUT2D eigenvalue weighted by Crippen LogP contribution is 2.23. The van der Waals surface area contributed by atoms with Crippen LogP contribution in [-0.2, 0) is 31.9 Å². The molecule has 0 saturated carbocycles. The van der Waals surface area contributed by atoms with E-state index in [-0.39, 0.29) is 54.2 Å². The average Bonchev–Trinajstić information content (AvgIpc) is 3.15. The average molecular weight is 757 g/mol. The highest BCUT2D eigenvalue weighted by Gasteiger charge is 2.29. The maximum Gasteiger partial charge on any atom is 0.407 e. The van der Waals surface area contributed by atoms with E-state index in [2.05, 4.69) is 34.6 Å². The van der Waals surface area contributed by atoms with E-state index in [1.54, 1.807) is 45.0 Å². The third-order valence-corrected chi connectivity index (χ3v) is 9.35. The van der Waals surface area contributed by atoms with E-state index in [0.29, 0.717) is 25.9 Å². The Labute approximate surface area is 324 Å². The first-order valence-electron chi connectivity index (χ1n) is 18.6. The molecular formula is C44H54F2N4O5. The monoisotopic (exact) mass is 756 g/mol. The van der Waals surface area contributed by atoms with Crippen molar-refractivity contribution in [2.75, 3.05) is 33.3 Å². The van der Waals surface area contributed by atoms with Crippen LogP contribution in [0.25, 0.3) is 0 Å². The molecule has 9 nitrogen and oxygen atoms in total. The summed E-state index contributed by atoms with van der Waals surface area (Å²) in [6.07, 6.45) is 0.609. The molecule has 1 aliphatic rings. The molecule has 55 heavy (non-hydrogen) atoms. The number of nitrogens with zero attached hydrogens (tertiary/aromatic N) is 2. The maximum atomic E-state index is 13.4. The van der Waals surface area contributed by atoms with Crippen molar-refractivity contribution in [1.29, 1.82) is 0 Å². The van der Waals surface area contributed by atoms with Crippen molar-refractivity contribution in [2.24, 2.45) is 0 Å². The third-order valence-electron chi connectivity index (χ3n) is 9.35. The minimum Gasteiger partial charge on any atom is -0.468 e. The number of esters is 1. The zero-order valence-electron chi connectivity index (χ0n) is 32.6. The molecule has 1 heterocycles. The van der Waals surface area contributed by atoms with Crippen LogP contribution in [0.4, 0.5) is 13.6 Å². The normalized spacial score (nSPS) is 16.2. The van der Waals surface area contributed by atoms with Gasteiger partial charge in [-0.2, -0.15) is 0 Å². The van der Waals surface area contributed by atoms with Crippen LogP contribution in [-0.4, -0.2) is 78.7 Å². The van der Waals surface area contributed by atoms with Crippen LogP contribution in [0.5, 0.6) is 0 Å². The molecule has 294 valence electrons. The Morgan fingerprint density at radius 2 is 1.40 bits per heavy atom. The summed E-state index contributed by atoms with van der Waals surface area (Å²) in [6, 6.07) is 32.4. The van der Waals surface area contributed by atoms with Crippen molar-refractivity contribution >= 4 is 18.0 Å². The second kappa shape index (κ2) is 20.5. The van der Waals surface area contributed by atoms with Crippen LogP contribution in [0.2, 0.25) is 0 Å². The highest BCUT2D eigenvalue weighted by molar-refractivity contribution is 5.79. The summed E-state index contributed by atoms with van der Waals surface area (Å²) < 4.78 is 36.7. The number of alkyl carbamates (subject to hydrolysis) is 1. The number of amides is 2. The second-order valence-corrected chi connectivity index (χ2v) is 14.9. The van der Waals surface area contributed by atoms with Crippen LogP contribution < -0.4 is 10.6 Å². The largest absolute Gasteiger partial charge is 0.468 e. The fourth-order valence-electron chi connectivity index (χ4n) is 6.46. The fourth-order valence-corrected chi connectivity index (χ4v) is 6.46. The van der Waals surface area contributed by atoms with E-state index < -0.39 is 11.7 Å². The predicted molar refractivity (Wildman–Crippen MR) is 210 cm³/mol. The summed E-state index contributed by atoms with van der Waals surface area (Å²) in [6.45, 7) is 11.1. The first-order chi connectivity index (χ1) is 26.2. The lowest BCUT2D eigenvalue weighted by atomic mass is 10.0. The smallest absolute Gasteiger partial charge is 0.407 e. The van der Waals surface area contributed by atoms with Gasteiger partial charge >= 0.3 is 12.1 Å². The number of methoxy groups -OCH3 is 1. The Kier molecular flexibility index (Phi) is 15.9. The Morgan fingerprint density at radius 1 is 0.855 bits per heavy atom. The van der Waals surface area contributed by atoms with Gasteiger partial charge in [-0.3, -0.25) is 19.4 Å². The van der Waals surface area contributed by atoms with E-state index in [1.807, 2.05) is 60.4 Å². The van der Waals surface area contributed by atoms with Gasteiger partial charge in [0.05, 0.1) is 20.2 Å². The molecule has 2 N–H and O–H groups in total. The molecule has 0 bridgehead atoms. The van der Waals surface area contributed by atoms with Crippen molar-refractivity contribution < 1.29 is 32.6 Å². The molecule has 0 unspecified atom stereocenters. The summed E-state index contributed by atoms with van der Waals surface area (Å²) >= 11 is 0. The Hall–Kier alpha value is -5.13. The van der Waals surface area contributed by atoms with Gasteiger partial charge in [0.25, 0.3) is 0 Å². The van der Waals surface area contributed by atoms with Crippen molar-refractivity contribution in [3.63, 3.8) is 0 Å². The number of benzene rings is 4. The van der Waals surface area contributed by atoms with Gasteiger partial charge in [-0.15, -0.1) is 0 Å². The number of nitrogens with one attached hydrogen (secondary N) is 2. The lowest BCUT2D eigenvalue weighted by molar-refractivity contribution is -0.142.